The molecule has 0 atom stereocenters. The Morgan fingerprint density at radius 2 is 1.64 bits per heavy atom. The highest BCUT2D eigenvalue weighted by molar-refractivity contribution is 5.07. The lowest BCUT2D eigenvalue weighted by molar-refractivity contribution is 0.149. The van der Waals surface area contributed by atoms with Crippen molar-refractivity contribution in [2.75, 3.05) is 13.6 Å². The molecule has 2 rings (SSSR count). The van der Waals surface area contributed by atoms with E-state index in [-0.39, 0.29) is 18.9 Å². The highest BCUT2D eigenvalue weighted by atomic mass is 19.3. The van der Waals surface area contributed by atoms with Gasteiger partial charge in [-0.2, -0.15) is 15.0 Å². The van der Waals surface area contributed by atoms with Gasteiger partial charge in [-0.3, -0.25) is 0 Å². The molecule has 2 aromatic rings. The molecule has 0 fully saturated rings. The molecule has 7 nitrogen and oxygen atoms in total. The zero-order valence-electron chi connectivity index (χ0n) is 18.4. The second-order valence-electron chi connectivity index (χ2n) is 5.79. The van der Waals surface area contributed by atoms with Gasteiger partial charge in [-0.1, -0.05) is 34.6 Å². The Hall–Kier alpha value is -2.00. The monoisotopic (exact) mass is 402 g/mol. The summed E-state index contributed by atoms with van der Waals surface area (Å²) in [7, 11) is 3.66. The SMILES string of the molecule is CC.CC(C)c1ncc(CC(F)F)cn1.CCNC.Cc1nn(C)nc1CO. The van der Waals surface area contributed by atoms with Gasteiger partial charge in [0.05, 0.1) is 12.3 Å². The molecule has 0 unspecified atom stereocenters. The molecular weight excluding hydrogens is 366 g/mol. The number of aliphatic hydroxyl groups is 1. The van der Waals surface area contributed by atoms with Crippen LogP contribution in [0.3, 0.4) is 0 Å². The van der Waals surface area contributed by atoms with Crippen molar-refractivity contribution in [2.45, 2.75) is 66.9 Å². The highest BCUT2D eigenvalue weighted by Gasteiger charge is 2.06. The number of alkyl halides is 2. The average molecular weight is 403 g/mol. The molecule has 0 radical (unpaired) electrons. The van der Waals surface area contributed by atoms with Gasteiger partial charge < -0.3 is 10.4 Å². The number of aromatic nitrogens is 5. The maximum atomic E-state index is 11.9. The van der Waals surface area contributed by atoms with Gasteiger partial charge in [0, 0.05) is 31.8 Å². The standard InChI is InChI=1S/C9H12F2N2.C5H9N3O.C3H9N.C2H6/c1-6(2)9-12-4-7(5-13-9)3-8(10)11;1-4-5(3-9)7-8(2)6-4;1-3-4-2;1-2/h4-6,8H,3H2,1-2H3;9H,3H2,1-2H3;4H,3H2,1-2H3;1-2H3. The normalized spacial score (nSPS) is 9.75. The third-order valence-electron chi connectivity index (χ3n) is 3.11. The first-order chi connectivity index (χ1) is 13.2. The predicted octanol–water partition coefficient (Wildman–Crippen LogP) is 3.28. The summed E-state index contributed by atoms with van der Waals surface area (Å²) < 4.78 is 23.8. The van der Waals surface area contributed by atoms with Crippen molar-refractivity contribution < 1.29 is 13.9 Å². The summed E-state index contributed by atoms with van der Waals surface area (Å²) in [6, 6.07) is 0. The fourth-order valence-electron chi connectivity index (χ4n) is 1.64. The average Bonchev–Trinajstić information content (AvgIpc) is 3.01. The minimum atomic E-state index is -2.33. The van der Waals surface area contributed by atoms with Crippen LogP contribution in [0.4, 0.5) is 8.78 Å². The van der Waals surface area contributed by atoms with Crippen LogP contribution in [0, 0.1) is 6.92 Å². The molecule has 0 aliphatic carbocycles. The Kier molecular flexibility index (Phi) is 17.3. The zero-order valence-corrected chi connectivity index (χ0v) is 18.4. The van der Waals surface area contributed by atoms with Crippen molar-refractivity contribution >= 4 is 0 Å². The first kappa shape index (κ1) is 28.2. The van der Waals surface area contributed by atoms with Crippen LogP contribution in [-0.4, -0.2) is 50.1 Å². The maximum absolute atomic E-state index is 11.9. The molecule has 0 spiro atoms. The van der Waals surface area contributed by atoms with Gasteiger partial charge in [0.15, 0.2) is 0 Å². The van der Waals surface area contributed by atoms with Crippen molar-refractivity contribution in [1.82, 2.24) is 30.3 Å². The molecule has 0 aliphatic heterocycles. The van der Waals surface area contributed by atoms with E-state index < -0.39 is 6.43 Å². The Morgan fingerprint density at radius 3 is 1.89 bits per heavy atom. The van der Waals surface area contributed by atoms with Crippen LogP contribution in [0.1, 0.15) is 63.3 Å². The lowest BCUT2D eigenvalue weighted by Gasteiger charge is -2.03. The molecule has 0 saturated heterocycles. The van der Waals surface area contributed by atoms with E-state index in [9.17, 15) is 8.78 Å². The van der Waals surface area contributed by atoms with Crippen LogP contribution in [0.15, 0.2) is 12.4 Å². The molecule has 9 heteroatoms. The molecule has 0 bridgehead atoms. The van der Waals surface area contributed by atoms with Crippen molar-refractivity contribution in [3.63, 3.8) is 0 Å². The van der Waals surface area contributed by atoms with Crippen LogP contribution < -0.4 is 5.32 Å². The fraction of sp³-hybridized carbons (Fsp3) is 0.684. The van der Waals surface area contributed by atoms with E-state index in [1.807, 2.05) is 41.7 Å². The molecule has 0 amide bonds. The van der Waals surface area contributed by atoms with E-state index in [0.717, 1.165) is 12.2 Å². The molecule has 0 aliphatic rings. The third kappa shape index (κ3) is 13.2. The minimum Gasteiger partial charge on any atom is -0.390 e. The minimum absolute atomic E-state index is 0.0281. The summed E-state index contributed by atoms with van der Waals surface area (Å²) in [4.78, 5) is 9.42. The summed E-state index contributed by atoms with van der Waals surface area (Å²) in [5.74, 6) is 0.929. The van der Waals surface area contributed by atoms with Gasteiger partial charge in [0.25, 0.3) is 0 Å². The van der Waals surface area contributed by atoms with E-state index in [1.54, 1.807) is 7.05 Å². The Labute approximate surface area is 167 Å². The number of halogens is 2. The van der Waals surface area contributed by atoms with Gasteiger partial charge in [0.2, 0.25) is 6.43 Å². The number of hydrogen-bond donors (Lipinski definition) is 2. The van der Waals surface area contributed by atoms with Gasteiger partial charge in [-0.25, -0.2) is 18.7 Å². The number of rotatable bonds is 5. The van der Waals surface area contributed by atoms with E-state index in [1.165, 1.54) is 17.2 Å². The predicted molar refractivity (Wildman–Crippen MR) is 108 cm³/mol. The largest absolute Gasteiger partial charge is 0.390 e. The number of nitrogens with zero attached hydrogens (tertiary/aromatic N) is 5. The fourth-order valence-corrected chi connectivity index (χ4v) is 1.64. The summed E-state index contributed by atoms with van der Waals surface area (Å²) >= 11 is 0. The van der Waals surface area contributed by atoms with Crippen molar-refractivity contribution in [1.29, 1.82) is 0 Å². The molecular formula is C19H36F2N6O. The molecule has 28 heavy (non-hydrogen) atoms. The smallest absolute Gasteiger partial charge is 0.242 e. The van der Waals surface area contributed by atoms with Crippen LogP contribution in [0.5, 0.6) is 0 Å². The van der Waals surface area contributed by atoms with E-state index in [2.05, 4.69) is 32.4 Å². The molecule has 0 saturated carbocycles. The van der Waals surface area contributed by atoms with Crippen molar-refractivity contribution in [3.05, 3.63) is 35.2 Å². The third-order valence-corrected chi connectivity index (χ3v) is 3.11. The van der Waals surface area contributed by atoms with Crippen LogP contribution in [-0.2, 0) is 20.1 Å². The zero-order chi connectivity index (χ0) is 22.1. The Morgan fingerprint density at radius 1 is 1.14 bits per heavy atom. The Bertz CT molecular complexity index is 601. The topological polar surface area (TPSA) is 88.8 Å². The van der Waals surface area contributed by atoms with Gasteiger partial charge in [-0.05, 0) is 26.1 Å². The molecule has 2 N–H and O–H groups in total. The summed E-state index contributed by atoms with van der Waals surface area (Å²) in [6.07, 6.45) is 0.343. The van der Waals surface area contributed by atoms with Gasteiger partial charge >= 0.3 is 0 Å². The number of aliphatic hydroxyl groups excluding tert-OH is 1. The highest BCUT2D eigenvalue weighted by Crippen LogP contribution is 2.09. The maximum Gasteiger partial charge on any atom is 0.242 e. The van der Waals surface area contributed by atoms with Crippen LogP contribution in [0.2, 0.25) is 0 Å². The lowest BCUT2D eigenvalue weighted by atomic mass is 10.2. The van der Waals surface area contributed by atoms with Gasteiger partial charge in [0.1, 0.15) is 11.5 Å². The van der Waals surface area contributed by atoms with Crippen molar-refractivity contribution in [3.8, 4) is 0 Å². The first-order valence-electron chi connectivity index (χ1n) is 9.46. The van der Waals surface area contributed by atoms with E-state index in [0.29, 0.717) is 17.1 Å². The quantitative estimate of drug-likeness (QED) is 0.798. The van der Waals surface area contributed by atoms with Crippen LogP contribution in [0.25, 0.3) is 0 Å². The molecule has 162 valence electrons. The van der Waals surface area contributed by atoms with Crippen LogP contribution >= 0.6 is 0 Å². The van der Waals surface area contributed by atoms with E-state index >= 15 is 0 Å². The Balaban J connectivity index is 0. The number of aryl methyl sites for hydroxylation is 2. The summed E-state index contributed by atoms with van der Waals surface area (Å²) in [6.45, 7) is 12.8. The second-order valence-corrected chi connectivity index (χ2v) is 5.79. The first-order valence-corrected chi connectivity index (χ1v) is 9.46. The summed E-state index contributed by atoms with van der Waals surface area (Å²) in [5.41, 5.74) is 1.93. The van der Waals surface area contributed by atoms with Crippen molar-refractivity contribution in [2.24, 2.45) is 7.05 Å². The number of hydrogen-bond acceptors (Lipinski definition) is 6. The van der Waals surface area contributed by atoms with Gasteiger partial charge in [-0.15, -0.1) is 0 Å². The number of nitrogens with one attached hydrogen (secondary N) is 1. The molecule has 2 aromatic heterocycles. The van der Waals surface area contributed by atoms with E-state index in [4.69, 9.17) is 5.11 Å². The second kappa shape index (κ2) is 17.1. The summed E-state index contributed by atoms with van der Waals surface area (Å²) in [5, 5.41) is 19.4. The molecule has 2 heterocycles. The molecule has 0 aromatic carbocycles. The lowest BCUT2D eigenvalue weighted by Crippen LogP contribution is -2.02.